The minimum absolute atomic E-state index is 0.0205. The van der Waals surface area contributed by atoms with Crippen LogP contribution < -0.4 is 27.0 Å². The number of guanidine groups is 1. The van der Waals surface area contributed by atoms with Crippen molar-refractivity contribution < 1.29 is 34.1 Å². The number of aryl methyl sites for hydroxylation is 1. The molecule has 4 aliphatic heterocycles. The van der Waals surface area contributed by atoms with Crippen LogP contribution in [0.4, 0.5) is 10.5 Å². The summed E-state index contributed by atoms with van der Waals surface area (Å²) in [6.45, 7) is 4.42. The molecule has 4 atom stereocenters. The molecule has 4 amide bonds. The van der Waals surface area contributed by atoms with E-state index in [1.165, 1.54) is 11.0 Å². The Balaban J connectivity index is 1.51. The van der Waals surface area contributed by atoms with Gasteiger partial charge in [-0.05, 0) is 30.7 Å². The van der Waals surface area contributed by atoms with Gasteiger partial charge >= 0.3 is 6.09 Å². The molecule has 43 heavy (non-hydrogen) atoms. The third-order valence-corrected chi connectivity index (χ3v) is 8.16. The summed E-state index contributed by atoms with van der Waals surface area (Å²) in [5, 5.41) is 34.6. The van der Waals surface area contributed by atoms with Crippen molar-refractivity contribution >= 4 is 70.3 Å². The first-order chi connectivity index (χ1) is 20.0. The normalized spacial score (nSPS) is 27.6. The van der Waals surface area contributed by atoms with Crippen LogP contribution in [0.2, 0.25) is 0 Å². The summed E-state index contributed by atoms with van der Waals surface area (Å²) >= 11 is 17.1. The molecule has 18 heteroatoms. The number of ether oxygens (including phenoxy) is 1. The number of likely N-dealkylation sites (tertiary alicyclic amines) is 1. The van der Waals surface area contributed by atoms with E-state index in [4.69, 9.17) is 45.3 Å². The van der Waals surface area contributed by atoms with Gasteiger partial charge in [-0.25, -0.2) is 9.79 Å². The third-order valence-electron chi connectivity index (χ3n) is 7.83. The van der Waals surface area contributed by atoms with Gasteiger partial charge in [-0.3, -0.25) is 24.6 Å². The quantitative estimate of drug-likeness (QED) is 0.0917. The summed E-state index contributed by atoms with van der Waals surface area (Å²) in [4.78, 5) is 57.8. The van der Waals surface area contributed by atoms with Crippen LogP contribution in [0.5, 0.6) is 0 Å². The first-order valence-corrected chi connectivity index (χ1v) is 14.2. The highest BCUT2D eigenvalue weighted by atomic mass is 35.6. The minimum Gasteiger partial charge on any atom is -0.445 e. The van der Waals surface area contributed by atoms with E-state index in [9.17, 15) is 29.4 Å². The van der Waals surface area contributed by atoms with E-state index in [-0.39, 0.29) is 43.3 Å². The lowest BCUT2D eigenvalue weighted by molar-refractivity contribution is -0.231. The van der Waals surface area contributed by atoms with E-state index in [2.05, 4.69) is 32.8 Å². The van der Waals surface area contributed by atoms with E-state index >= 15 is 0 Å². The molecule has 1 spiro atoms. The Labute approximate surface area is 260 Å². The number of hydrogen-bond donors (Lipinski definition) is 7. The molecule has 8 N–H and O–H groups in total. The van der Waals surface area contributed by atoms with Crippen molar-refractivity contribution in [1.82, 2.24) is 31.1 Å². The Hall–Kier alpha value is -3.50. The summed E-state index contributed by atoms with van der Waals surface area (Å²) in [6, 6.07) is 1.15. The largest absolute Gasteiger partial charge is 0.445 e. The molecule has 3 fully saturated rings. The third kappa shape index (κ3) is 5.51. The number of anilines is 1. The second kappa shape index (κ2) is 10.9. The predicted octanol–water partition coefficient (Wildman–Crippen LogP) is -0.615. The summed E-state index contributed by atoms with van der Waals surface area (Å²) in [5.41, 5.74) is 5.29. The lowest BCUT2D eigenvalue weighted by Gasteiger charge is -2.49. The molecule has 0 aromatic heterocycles. The fourth-order valence-corrected chi connectivity index (χ4v) is 5.94. The highest BCUT2D eigenvalue weighted by molar-refractivity contribution is 6.67. The van der Waals surface area contributed by atoms with E-state index in [1.54, 1.807) is 19.1 Å². The van der Waals surface area contributed by atoms with Gasteiger partial charge in [0.1, 0.15) is 12.6 Å². The smallest absolute Gasteiger partial charge is 0.414 e. The molecule has 232 valence electrons. The number of nitrogens with two attached hydrogens (primary N) is 1. The number of carbonyl (C=O) groups is 4. The topological polar surface area (TPSA) is 211 Å². The molecule has 0 radical (unpaired) electrons. The van der Waals surface area contributed by atoms with Crippen molar-refractivity contribution in [2.75, 3.05) is 25.4 Å². The summed E-state index contributed by atoms with van der Waals surface area (Å²) < 4.78 is 3.07. The van der Waals surface area contributed by atoms with Crippen molar-refractivity contribution in [3.8, 4) is 0 Å². The Kier molecular flexibility index (Phi) is 7.84. The van der Waals surface area contributed by atoms with Gasteiger partial charge in [-0.15, -0.1) is 0 Å². The Morgan fingerprint density at radius 3 is 2.56 bits per heavy atom. The molecule has 0 aliphatic carbocycles. The van der Waals surface area contributed by atoms with Crippen LogP contribution >= 0.6 is 34.8 Å². The first kappa shape index (κ1) is 30.9. The predicted molar refractivity (Wildman–Crippen MR) is 155 cm³/mol. The summed E-state index contributed by atoms with van der Waals surface area (Å²) in [7, 11) is 0. The Morgan fingerprint density at radius 1 is 1.26 bits per heavy atom. The zero-order chi connectivity index (χ0) is 31.5. The van der Waals surface area contributed by atoms with Crippen LogP contribution in [0, 0.1) is 6.92 Å². The number of amides is 4. The molecule has 4 heterocycles. The summed E-state index contributed by atoms with van der Waals surface area (Å²) in [6.07, 6.45) is -1.05. The van der Waals surface area contributed by atoms with E-state index in [0.717, 1.165) is 4.90 Å². The molecule has 1 aromatic carbocycles. The maximum absolute atomic E-state index is 13.2. The monoisotopic (exact) mass is 658 g/mol. The fourth-order valence-electron chi connectivity index (χ4n) is 5.78. The number of nitrogens with one attached hydrogen (secondary N) is 4. The number of halogens is 3. The van der Waals surface area contributed by atoms with Gasteiger partial charge in [0.15, 0.2) is 5.66 Å². The maximum Gasteiger partial charge on any atom is 0.414 e. The number of aliphatic imine (C=N–C) groups is 1. The zero-order valence-corrected chi connectivity index (χ0v) is 25.0. The van der Waals surface area contributed by atoms with Crippen LogP contribution in [-0.4, -0.2) is 103 Å². The number of hydrogen-bond acceptors (Lipinski definition) is 12. The maximum atomic E-state index is 13.2. The molecular formula is C25H29Cl3N8O7. The molecular weight excluding hydrogens is 631 g/mol. The van der Waals surface area contributed by atoms with Crippen LogP contribution in [-0.2, 0) is 14.3 Å². The van der Waals surface area contributed by atoms with Crippen LogP contribution in [0.1, 0.15) is 28.8 Å². The molecule has 0 saturated carbocycles. The molecule has 3 saturated heterocycles. The van der Waals surface area contributed by atoms with E-state index < -0.39 is 63.8 Å². The van der Waals surface area contributed by atoms with Crippen molar-refractivity contribution in [3.63, 3.8) is 0 Å². The second-order valence-electron chi connectivity index (χ2n) is 10.7. The Bertz CT molecular complexity index is 1420. The molecule has 1 aromatic rings. The number of alkyl carbamates (subject to hydrolysis) is 1. The van der Waals surface area contributed by atoms with Crippen molar-refractivity contribution in [3.05, 3.63) is 41.7 Å². The standard InChI is InChI=1S/C25H29Cl3N8O7/c1-11-7-13(3-4-14(11)29)20(39)32-16-9-36-21(33-22(40)43-10-23(26,27)28)31-15(8-35-17(37)5-6-18(35)38)19-24(36,25(16,41)42)34-12(2)30-19/h3-4,7,15-16,19,30,34,41-42H,2,5-6,8-10,29H2,1H3,(H,32,39)(H,31,33,40)/t15-,16?,19?,24?/m0/s1. The number of nitrogens with zero attached hydrogens (tertiary/aromatic N) is 3. The van der Waals surface area contributed by atoms with Crippen molar-refractivity contribution in [1.29, 1.82) is 0 Å². The SMILES string of the molecule is C=C1NC2[C@H](CN3C(=O)CCC3=O)N=C(NC(=O)OCC(Cl)(Cl)Cl)N3CC(NC(=O)c4ccc(N)c(C)c4)C(O)(O)C23N1. The van der Waals surface area contributed by atoms with Gasteiger partial charge < -0.3 is 41.5 Å². The molecule has 0 bridgehead atoms. The lowest BCUT2D eigenvalue weighted by atomic mass is 9.85. The number of nitrogen functional groups attached to an aromatic ring is 1. The first-order valence-electron chi connectivity index (χ1n) is 13.1. The number of imide groups is 1. The second-order valence-corrected chi connectivity index (χ2v) is 13.2. The van der Waals surface area contributed by atoms with Crippen molar-refractivity contribution in [2.45, 2.75) is 53.1 Å². The van der Waals surface area contributed by atoms with E-state index in [1.807, 2.05) is 0 Å². The van der Waals surface area contributed by atoms with Gasteiger partial charge in [0.25, 0.3) is 5.91 Å². The van der Waals surface area contributed by atoms with Crippen LogP contribution in [0.3, 0.4) is 0 Å². The average molecular weight is 660 g/mol. The van der Waals surface area contributed by atoms with Gasteiger partial charge in [-0.2, -0.15) is 0 Å². The Morgan fingerprint density at radius 2 is 1.93 bits per heavy atom. The molecule has 3 unspecified atom stereocenters. The van der Waals surface area contributed by atoms with E-state index in [0.29, 0.717) is 11.3 Å². The van der Waals surface area contributed by atoms with Crippen molar-refractivity contribution in [2.24, 2.45) is 4.99 Å². The number of aliphatic hydroxyl groups is 2. The number of carbonyl (C=O) groups excluding carboxylic acids is 4. The number of alkyl halides is 3. The zero-order valence-electron chi connectivity index (χ0n) is 22.7. The fraction of sp³-hybridized carbons (Fsp3) is 0.480. The lowest BCUT2D eigenvalue weighted by Crippen LogP contribution is -2.78. The number of benzene rings is 1. The highest BCUT2D eigenvalue weighted by Gasteiger charge is 2.74. The summed E-state index contributed by atoms with van der Waals surface area (Å²) in [5.74, 6) is -4.31. The highest BCUT2D eigenvalue weighted by Crippen LogP contribution is 2.45. The van der Waals surface area contributed by atoms with Crippen LogP contribution in [0.25, 0.3) is 0 Å². The van der Waals surface area contributed by atoms with Gasteiger partial charge in [0, 0.05) is 30.6 Å². The molecule has 5 rings (SSSR count). The number of rotatable bonds is 5. The molecule has 15 nitrogen and oxygen atoms in total. The van der Waals surface area contributed by atoms with Crippen LogP contribution in [0.15, 0.2) is 35.6 Å². The average Bonchev–Trinajstić information content (AvgIpc) is 3.51. The van der Waals surface area contributed by atoms with Gasteiger partial charge in [-0.1, -0.05) is 41.4 Å². The molecule has 4 aliphatic rings. The minimum atomic E-state index is -2.76. The van der Waals surface area contributed by atoms with Gasteiger partial charge in [0.05, 0.1) is 24.4 Å². The van der Waals surface area contributed by atoms with Gasteiger partial charge in [0.2, 0.25) is 27.4 Å².